The largest absolute Gasteiger partial charge is 0.310 e. The first-order chi connectivity index (χ1) is 9.58. The van der Waals surface area contributed by atoms with Gasteiger partial charge in [0.2, 0.25) is 0 Å². The summed E-state index contributed by atoms with van der Waals surface area (Å²) < 4.78 is 1.84. The van der Waals surface area contributed by atoms with Crippen LogP contribution in [0.2, 0.25) is 9.36 Å². The third kappa shape index (κ3) is 4.74. The number of halogens is 3. The van der Waals surface area contributed by atoms with Crippen molar-refractivity contribution in [3.63, 3.8) is 0 Å². The Kier molecular flexibility index (Phi) is 6.37. The molecule has 108 valence electrons. The molecule has 1 heterocycles. The highest BCUT2D eigenvalue weighted by atomic mass is 79.9. The minimum Gasteiger partial charge on any atom is -0.310 e. The van der Waals surface area contributed by atoms with E-state index in [0.29, 0.717) is 0 Å². The molecule has 0 aliphatic carbocycles. The SMILES string of the molecule is CCCNC(Cc1ccc(Cl)s1)c1cc(Cl)cc(Br)c1. The Morgan fingerprint density at radius 1 is 1.25 bits per heavy atom. The van der Waals surface area contributed by atoms with Gasteiger partial charge in [-0.05, 0) is 48.9 Å². The van der Waals surface area contributed by atoms with Gasteiger partial charge in [0.05, 0.1) is 4.34 Å². The highest BCUT2D eigenvalue weighted by Gasteiger charge is 2.14. The van der Waals surface area contributed by atoms with Gasteiger partial charge < -0.3 is 5.32 Å². The zero-order chi connectivity index (χ0) is 14.5. The van der Waals surface area contributed by atoms with Crippen LogP contribution >= 0.6 is 50.5 Å². The number of benzene rings is 1. The summed E-state index contributed by atoms with van der Waals surface area (Å²) in [6, 6.07) is 10.3. The normalized spacial score (nSPS) is 12.6. The molecule has 0 spiro atoms. The maximum atomic E-state index is 6.16. The molecular weight excluding hydrogens is 377 g/mol. The highest BCUT2D eigenvalue weighted by molar-refractivity contribution is 9.10. The van der Waals surface area contributed by atoms with E-state index in [4.69, 9.17) is 23.2 Å². The first-order valence-corrected chi connectivity index (χ1v) is 8.88. The van der Waals surface area contributed by atoms with Gasteiger partial charge in [-0.2, -0.15) is 0 Å². The van der Waals surface area contributed by atoms with Crippen molar-refractivity contribution in [3.8, 4) is 0 Å². The Bertz CT molecular complexity index is 551. The van der Waals surface area contributed by atoms with E-state index < -0.39 is 0 Å². The van der Waals surface area contributed by atoms with Crippen molar-refractivity contribution in [2.24, 2.45) is 0 Å². The van der Waals surface area contributed by atoms with Crippen LogP contribution in [0.15, 0.2) is 34.8 Å². The van der Waals surface area contributed by atoms with Crippen LogP contribution in [0.4, 0.5) is 0 Å². The van der Waals surface area contributed by atoms with Gasteiger partial charge in [-0.3, -0.25) is 0 Å². The van der Waals surface area contributed by atoms with Gasteiger partial charge >= 0.3 is 0 Å². The Morgan fingerprint density at radius 3 is 2.65 bits per heavy atom. The van der Waals surface area contributed by atoms with E-state index in [1.807, 2.05) is 18.2 Å². The summed E-state index contributed by atoms with van der Waals surface area (Å²) in [4.78, 5) is 1.28. The number of hydrogen-bond acceptors (Lipinski definition) is 2. The number of nitrogens with one attached hydrogen (secondary N) is 1. The lowest BCUT2D eigenvalue weighted by Gasteiger charge is -2.19. The molecule has 0 bridgehead atoms. The molecular formula is C15H16BrCl2NS. The quantitative estimate of drug-likeness (QED) is 0.625. The van der Waals surface area contributed by atoms with Crippen molar-refractivity contribution in [3.05, 3.63) is 54.6 Å². The molecule has 1 atom stereocenters. The van der Waals surface area contributed by atoms with Crippen LogP contribution < -0.4 is 5.32 Å². The van der Waals surface area contributed by atoms with Crippen molar-refractivity contribution in [1.82, 2.24) is 5.32 Å². The Labute approximate surface area is 142 Å². The molecule has 1 unspecified atom stereocenters. The molecule has 1 aromatic carbocycles. The average Bonchev–Trinajstić information content (AvgIpc) is 2.79. The van der Waals surface area contributed by atoms with Crippen molar-refractivity contribution in [2.45, 2.75) is 25.8 Å². The fourth-order valence-electron chi connectivity index (χ4n) is 2.07. The molecule has 1 N–H and O–H groups in total. The van der Waals surface area contributed by atoms with Crippen molar-refractivity contribution >= 4 is 50.5 Å². The van der Waals surface area contributed by atoms with E-state index in [0.717, 1.165) is 33.2 Å². The molecule has 0 saturated heterocycles. The van der Waals surface area contributed by atoms with Crippen molar-refractivity contribution < 1.29 is 0 Å². The molecule has 0 aliphatic rings. The Morgan fingerprint density at radius 2 is 2.05 bits per heavy atom. The summed E-state index contributed by atoms with van der Waals surface area (Å²) in [5, 5.41) is 4.33. The fourth-order valence-corrected chi connectivity index (χ4v) is 4.08. The summed E-state index contributed by atoms with van der Waals surface area (Å²) in [5.41, 5.74) is 1.20. The van der Waals surface area contributed by atoms with Gasteiger partial charge in [0.1, 0.15) is 0 Å². The van der Waals surface area contributed by atoms with E-state index in [1.54, 1.807) is 11.3 Å². The van der Waals surface area contributed by atoms with E-state index in [9.17, 15) is 0 Å². The lowest BCUT2D eigenvalue weighted by molar-refractivity contribution is 0.532. The molecule has 20 heavy (non-hydrogen) atoms. The third-order valence-corrected chi connectivity index (χ3v) is 4.89. The fraction of sp³-hybridized carbons (Fsp3) is 0.333. The van der Waals surface area contributed by atoms with Crippen LogP contribution in [-0.4, -0.2) is 6.54 Å². The van der Waals surface area contributed by atoms with Crippen LogP contribution in [0.1, 0.15) is 29.8 Å². The van der Waals surface area contributed by atoms with E-state index >= 15 is 0 Å². The first kappa shape index (κ1) is 16.3. The molecule has 1 aromatic heterocycles. The van der Waals surface area contributed by atoms with Crippen LogP contribution in [0.5, 0.6) is 0 Å². The number of rotatable bonds is 6. The summed E-state index contributed by atoms with van der Waals surface area (Å²) >= 11 is 17.3. The van der Waals surface area contributed by atoms with Crippen LogP contribution in [-0.2, 0) is 6.42 Å². The van der Waals surface area contributed by atoms with Crippen molar-refractivity contribution in [2.75, 3.05) is 6.54 Å². The van der Waals surface area contributed by atoms with Crippen LogP contribution in [0.25, 0.3) is 0 Å². The van der Waals surface area contributed by atoms with Gasteiger partial charge in [-0.25, -0.2) is 0 Å². The van der Waals surface area contributed by atoms with E-state index in [1.165, 1.54) is 10.4 Å². The highest BCUT2D eigenvalue weighted by Crippen LogP contribution is 2.29. The predicted octanol–water partition coefficient (Wildman–Crippen LogP) is 6.10. The monoisotopic (exact) mass is 391 g/mol. The lowest BCUT2D eigenvalue weighted by Crippen LogP contribution is -2.23. The first-order valence-electron chi connectivity index (χ1n) is 6.52. The minimum atomic E-state index is 0.250. The van der Waals surface area contributed by atoms with Gasteiger partial charge in [-0.1, -0.05) is 46.1 Å². The van der Waals surface area contributed by atoms with E-state index in [2.05, 4.69) is 40.3 Å². The van der Waals surface area contributed by atoms with Crippen molar-refractivity contribution in [1.29, 1.82) is 0 Å². The molecule has 5 heteroatoms. The van der Waals surface area contributed by atoms with Gasteiger partial charge in [0.25, 0.3) is 0 Å². The predicted molar refractivity (Wildman–Crippen MR) is 93.2 cm³/mol. The third-order valence-electron chi connectivity index (χ3n) is 2.96. The number of thiophene rings is 1. The zero-order valence-electron chi connectivity index (χ0n) is 11.1. The summed E-state index contributed by atoms with van der Waals surface area (Å²) in [5.74, 6) is 0. The zero-order valence-corrected chi connectivity index (χ0v) is 15.0. The topological polar surface area (TPSA) is 12.0 Å². The van der Waals surface area contributed by atoms with Crippen LogP contribution in [0.3, 0.4) is 0 Å². The van der Waals surface area contributed by atoms with Crippen LogP contribution in [0, 0.1) is 0 Å². The second kappa shape index (κ2) is 7.81. The Hall–Kier alpha value is -0.0600. The molecule has 1 nitrogen and oxygen atoms in total. The second-order valence-electron chi connectivity index (χ2n) is 4.62. The molecule has 2 aromatic rings. The summed E-state index contributed by atoms with van der Waals surface area (Å²) in [7, 11) is 0. The summed E-state index contributed by atoms with van der Waals surface area (Å²) in [6.45, 7) is 3.15. The molecule has 0 amide bonds. The maximum absolute atomic E-state index is 6.16. The minimum absolute atomic E-state index is 0.250. The van der Waals surface area contributed by atoms with Gasteiger partial charge in [0, 0.05) is 26.8 Å². The lowest BCUT2D eigenvalue weighted by atomic mass is 10.0. The summed E-state index contributed by atoms with van der Waals surface area (Å²) in [6.07, 6.45) is 2.02. The average molecular weight is 393 g/mol. The molecule has 0 saturated carbocycles. The second-order valence-corrected chi connectivity index (χ2v) is 7.77. The maximum Gasteiger partial charge on any atom is 0.0931 e. The van der Waals surface area contributed by atoms with Gasteiger partial charge in [-0.15, -0.1) is 11.3 Å². The van der Waals surface area contributed by atoms with Gasteiger partial charge in [0.15, 0.2) is 0 Å². The Balaban J connectivity index is 2.21. The molecule has 0 radical (unpaired) electrons. The molecule has 0 aliphatic heterocycles. The number of hydrogen-bond donors (Lipinski definition) is 1. The smallest absolute Gasteiger partial charge is 0.0931 e. The van der Waals surface area contributed by atoms with E-state index in [-0.39, 0.29) is 6.04 Å². The standard InChI is InChI=1S/C15H16BrCl2NS/c1-2-5-19-14(9-13-3-4-15(18)20-13)10-6-11(16)8-12(17)7-10/h3-4,6-8,14,19H,2,5,9H2,1H3. The molecule has 2 rings (SSSR count). The molecule has 0 fully saturated rings.